The molecule has 0 heterocycles. The van der Waals surface area contributed by atoms with Gasteiger partial charge in [-0.3, -0.25) is 0 Å². The Kier molecular flexibility index (Phi) is 4.23. The summed E-state index contributed by atoms with van der Waals surface area (Å²) in [6.45, 7) is 7.42. The molecule has 0 saturated heterocycles. The molecule has 3 heteroatoms. The van der Waals surface area contributed by atoms with Gasteiger partial charge >= 0.3 is 0 Å². The normalized spacial score (nSPS) is 17.7. The van der Waals surface area contributed by atoms with Gasteiger partial charge in [0.2, 0.25) is 0 Å². The van der Waals surface area contributed by atoms with Gasteiger partial charge in [-0.2, -0.15) is 0 Å². The van der Waals surface area contributed by atoms with E-state index in [1.807, 2.05) is 32.0 Å². The molecule has 19 heavy (non-hydrogen) atoms. The van der Waals surface area contributed by atoms with E-state index in [2.05, 4.69) is 12.2 Å². The van der Waals surface area contributed by atoms with Gasteiger partial charge in [-0.25, -0.2) is 0 Å². The molecule has 3 N–H and O–H groups in total. The fraction of sp³-hybridized carbons (Fsp3) is 0.625. The zero-order chi connectivity index (χ0) is 13.9. The second kappa shape index (κ2) is 5.72. The van der Waals surface area contributed by atoms with E-state index in [4.69, 9.17) is 10.5 Å². The van der Waals surface area contributed by atoms with E-state index in [9.17, 15) is 0 Å². The largest absolute Gasteiger partial charge is 0.491 e. The fourth-order valence-corrected chi connectivity index (χ4v) is 2.79. The van der Waals surface area contributed by atoms with Crippen molar-refractivity contribution in [1.29, 1.82) is 0 Å². The van der Waals surface area contributed by atoms with Crippen molar-refractivity contribution in [3.63, 3.8) is 0 Å². The SMILES string of the molecule is CC(C)Oc1cc(N)cc(NCC2(C)CCCC2)c1. The Labute approximate surface area is 116 Å². The smallest absolute Gasteiger partial charge is 0.123 e. The Balaban J connectivity index is 2.01. The summed E-state index contributed by atoms with van der Waals surface area (Å²) in [5, 5.41) is 3.52. The van der Waals surface area contributed by atoms with Gasteiger partial charge < -0.3 is 15.8 Å². The molecule has 0 atom stereocenters. The monoisotopic (exact) mass is 262 g/mol. The van der Waals surface area contributed by atoms with Gasteiger partial charge in [0.15, 0.2) is 0 Å². The molecular formula is C16H26N2O. The molecule has 0 spiro atoms. The van der Waals surface area contributed by atoms with Crippen LogP contribution in [0.25, 0.3) is 0 Å². The molecule has 0 aromatic heterocycles. The Morgan fingerprint density at radius 2 is 1.95 bits per heavy atom. The highest BCUT2D eigenvalue weighted by Crippen LogP contribution is 2.37. The van der Waals surface area contributed by atoms with Gasteiger partial charge in [-0.15, -0.1) is 0 Å². The molecule has 0 aliphatic heterocycles. The average molecular weight is 262 g/mol. The highest BCUT2D eigenvalue weighted by molar-refractivity contribution is 5.59. The summed E-state index contributed by atoms with van der Waals surface area (Å²) in [6.07, 6.45) is 5.52. The zero-order valence-corrected chi connectivity index (χ0v) is 12.3. The first kappa shape index (κ1) is 14.0. The van der Waals surface area contributed by atoms with Crippen molar-refractivity contribution < 1.29 is 4.74 Å². The van der Waals surface area contributed by atoms with E-state index in [0.717, 1.165) is 23.7 Å². The quantitative estimate of drug-likeness (QED) is 0.787. The van der Waals surface area contributed by atoms with Crippen molar-refractivity contribution in [1.82, 2.24) is 0 Å². The third kappa shape index (κ3) is 4.05. The summed E-state index contributed by atoms with van der Waals surface area (Å²) in [7, 11) is 0. The van der Waals surface area contributed by atoms with E-state index in [0.29, 0.717) is 5.41 Å². The lowest BCUT2D eigenvalue weighted by molar-refractivity contribution is 0.242. The number of benzene rings is 1. The predicted molar refractivity (Wildman–Crippen MR) is 81.7 cm³/mol. The lowest BCUT2D eigenvalue weighted by atomic mass is 9.89. The second-order valence-corrected chi connectivity index (χ2v) is 6.33. The van der Waals surface area contributed by atoms with Crippen molar-refractivity contribution in [2.45, 2.75) is 52.6 Å². The summed E-state index contributed by atoms with van der Waals surface area (Å²) in [5.41, 5.74) is 8.17. The van der Waals surface area contributed by atoms with Crippen molar-refractivity contribution >= 4 is 11.4 Å². The molecule has 1 aromatic carbocycles. The van der Waals surface area contributed by atoms with Crippen LogP contribution in [0.4, 0.5) is 11.4 Å². The van der Waals surface area contributed by atoms with E-state index < -0.39 is 0 Å². The van der Waals surface area contributed by atoms with Gasteiger partial charge in [0.1, 0.15) is 5.75 Å². The van der Waals surface area contributed by atoms with E-state index in [1.165, 1.54) is 25.7 Å². The van der Waals surface area contributed by atoms with Gasteiger partial charge in [0.05, 0.1) is 6.10 Å². The molecule has 1 aliphatic rings. The Bertz CT molecular complexity index is 423. The van der Waals surface area contributed by atoms with Gasteiger partial charge in [0, 0.05) is 30.1 Å². The van der Waals surface area contributed by atoms with Crippen molar-refractivity contribution in [3.05, 3.63) is 18.2 Å². The number of hydrogen-bond donors (Lipinski definition) is 2. The minimum Gasteiger partial charge on any atom is -0.491 e. The highest BCUT2D eigenvalue weighted by Gasteiger charge is 2.28. The third-order valence-corrected chi connectivity index (χ3v) is 3.83. The maximum atomic E-state index is 5.93. The number of nitrogen functional groups attached to an aromatic ring is 1. The topological polar surface area (TPSA) is 47.3 Å². The van der Waals surface area contributed by atoms with Crippen LogP contribution in [0.1, 0.15) is 46.5 Å². The minimum absolute atomic E-state index is 0.169. The van der Waals surface area contributed by atoms with Crippen LogP contribution in [-0.4, -0.2) is 12.6 Å². The second-order valence-electron chi connectivity index (χ2n) is 6.33. The fourth-order valence-electron chi connectivity index (χ4n) is 2.79. The lowest BCUT2D eigenvalue weighted by Gasteiger charge is -2.24. The van der Waals surface area contributed by atoms with Crippen LogP contribution in [0.5, 0.6) is 5.75 Å². The van der Waals surface area contributed by atoms with E-state index >= 15 is 0 Å². The van der Waals surface area contributed by atoms with Crippen LogP contribution in [-0.2, 0) is 0 Å². The van der Waals surface area contributed by atoms with E-state index in [-0.39, 0.29) is 6.10 Å². The molecule has 0 unspecified atom stereocenters. The van der Waals surface area contributed by atoms with Crippen LogP contribution >= 0.6 is 0 Å². The van der Waals surface area contributed by atoms with Crippen LogP contribution < -0.4 is 15.8 Å². The van der Waals surface area contributed by atoms with Gasteiger partial charge in [0.25, 0.3) is 0 Å². The van der Waals surface area contributed by atoms with Gasteiger partial charge in [-0.05, 0) is 38.2 Å². The molecular weight excluding hydrogens is 236 g/mol. The number of rotatable bonds is 5. The summed E-state index contributed by atoms with van der Waals surface area (Å²) >= 11 is 0. The first-order valence-corrected chi connectivity index (χ1v) is 7.28. The van der Waals surface area contributed by atoms with Crippen LogP contribution in [0.2, 0.25) is 0 Å². The lowest BCUT2D eigenvalue weighted by Crippen LogP contribution is -2.23. The maximum absolute atomic E-state index is 5.93. The van der Waals surface area contributed by atoms with Crippen molar-refractivity contribution in [2.75, 3.05) is 17.6 Å². The molecule has 106 valence electrons. The molecule has 0 amide bonds. The molecule has 1 fully saturated rings. The molecule has 1 aliphatic carbocycles. The van der Waals surface area contributed by atoms with E-state index in [1.54, 1.807) is 0 Å². The zero-order valence-electron chi connectivity index (χ0n) is 12.3. The van der Waals surface area contributed by atoms with Gasteiger partial charge in [-0.1, -0.05) is 19.8 Å². The molecule has 1 saturated carbocycles. The van der Waals surface area contributed by atoms with Crippen LogP contribution in [0.15, 0.2) is 18.2 Å². The average Bonchev–Trinajstić information content (AvgIpc) is 2.73. The summed E-state index contributed by atoms with van der Waals surface area (Å²) < 4.78 is 5.71. The Morgan fingerprint density at radius 1 is 1.26 bits per heavy atom. The number of anilines is 2. The van der Waals surface area contributed by atoms with Crippen molar-refractivity contribution in [3.8, 4) is 5.75 Å². The van der Waals surface area contributed by atoms with Crippen molar-refractivity contribution in [2.24, 2.45) is 5.41 Å². The third-order valence-electron chi connectivity index (χ3n) is 3.83. The number of nitrogens with two attached hydrogens (primary N) is 1. The number of ether oxygens (including phenoxy) is 1. The Hall–Kier alpha value is -1.38. The van der Waals surface area contributed by atoms with Crippen LogP contribution in [0.3, 0.4) is 0 Å². The molecule has 0 bridgehead atoms. The number of nitrogens with one attached hydrogen (secondary N) is 1. The number of hydrogen-bond acceptors (Lipinski definition) is 3. The summed E-state index contributed by atoms with van der Waals surface area (Å²) in [5.74, 6) is 0.842. The molecule has 1 aromatic rings. The predicted octanol–water partition coefficient (Wildman–Crippen LogP) is 4.05. The summed E-state index contributed by atoms with van der Waals surface area (Å²) in [6, 6.07) is 5.89. The first-order chi connectivity index (χ1) is 8.97. The maximum Gasteiger partial charge on any atom is 0.123 e. The Morgan fingerprint density at radius 3 is 2.58 bits per heavy atom. The summed E-state index contributed by atoms with van der Waals surface area (Å²) in [4.78, 5) is 0. The molecule has 3 nitrogen and oxygen atoms in total. The standard InChI is InChI=1S/C16H26N2O/c1-12(2)19-15-9-13(17)8-14(10-15)18-11-16(3)6-4-5-7-16/h8-10,12,18H,4-7,11,17H2,1-3H3. The first-order valence-electron chi connectivity index (χ1n) is 7.28. The minimum atomic E-state index is 0.169. The molecule has 2 rings (SSSR count). The molecule has 0 radical (unpaired) electrons. The highest BCUT2D eigenvalue weighted by atomic mass is 16.5. The van der Waals surface area contributed by atoms with Crippen LogP contribution in [0, 0.1) is 5.41 Å².